The van der Waals surface area contributed by atoms with Crippen LogP contribution in [0.2, 0.25) is 0 Å². The molecule has 1 atom stereocenters. The van der Waals surface area contributed by atoms with E-state index in [1.54, 1.807) is 24.3 Å². The van der Waals surface area contributed by atoms with E-state index in [0.29, 0.717) is 17.3 Å². The van der Waals surface area contributed by atoms with Crippen molar-refractivity contribution in [3.63, 3.8) is 0 Å². The van der Waals surface area contributed by atoms with Crippen molar-refractivity contribution in [3.05, 3.63) is 29.8 Å². The van der Waals surface area contributed by atoms with Gasteiger partial charge in [0, 0.05) is 31.5 Å². The van der Waals surface area contributed by atoms with Crippen LogP contribution < -0.4 is 11.1 Å². The van der Waals surface area contributed by atoms with Crippen LogP contribution in [0.3, 0.4) is 0 Å². The number of rotatable bonds is 6. The van der Waals surface area contributed by atoms with Crippen LogP contribution in [-0.4, -0.2) is 49.6 Å². The zero-order chi connectivity index (χ0) is 17.5. The molecule has 6 heteroatoms. The lowest BCUT2D eigenvalue weighted by Crippen LogP contribution is -2.39. The summed E-state index contributed by atoms with van der Waals surface area (Å²) < 4.78 is 4.86. The van der Waals surface area contributed by atoms with E-state index in [1.165, 1.54) is 26.4 Å². The lowest BCUT2D eigenvalue weighted by Gasteiger charge is -2.31. The minimum atomic E-state index is -0.714. The number of carbonyl (C=O) groups excluding carboxylic acids is 2. The Balaban J connectivity index is 1.95. The summed E-state index contributed by atoms with van der Waals surface area (Å²) in [7, 11) is 3.37. The highest BCUT2D eigenvalue weighted by Crippen LogP contribution is 2.23. The Hall–Kier alpha value is -1.92. The number of hydrogen-bond acceptors (Lipinski definition) is 4. The Morgan fingerprint density at radius 1 is 1.25 bits per heavy atom. The summed E-state index contributed by atoms with van der Waals surface area (Å²) >= 11 is 0. The molecule has 0 heterocycles. The molecule has 0 spiro atoms. The van der Waals surface area contributed by atoms with Gasteiger partial charge >= 0.3 is 0 Å². The molecular weight excluding hydrogens is 306 g/mol. The standard InChI is InChI=1S/C18H27N3O3/c1-21(15-6-4-3-5-7-15)18(23)13-8-10-14(11-9-13)20-17(22)16(19)12-24-2/h8-11,15-16H,3-7,12,19H2,1-2H3,(H,20,22). The van der Waals surface area contributed by atoms with Crippen LogP contribution in [0.1, 0.15) is 42.5 Å². The molecule has 0 aromatic heterocycles. The third kappa shape index (κ3) is 4.79. The highest BCUT2D eigenvalue weighted by Gasteiger charge is 2.23. The second-order valence-electron chi connectivity index (χ2n) is 6.34. The van der Waals surface area contributed by atoms with E-state index in [2.05, 4.69) is 5.32 Å². The summed E-state index contributed by atoms with van der Waals surface area (Å²) in [5.41, 5.74) is 6.92. The van der Waals surface area contributed by atoms with Gasteiger partial charge in [-0.1, -0.05) is 19.3 Å². The van der Waals surface area contributed by atoms with Crippen molar-refractivity contribution in [2.75, 3.05) is 26.1 Å². The molecule has 1 aliphatic rings. The zero-order valence-electron chi connectivity index (χ0n) is 14.5. The normalized spacial score (nSPS) is 16.5. The molecule has 0 radical (unpaired) electrons. The molecule has 0 bridgehead atoms. The Kier molecular flexibility index (Phi) is 6.75. The van der Waals surface area contributed by atoms with Gasteiger partial charge in [0.1, 0.15) is 6.04 Å². The zero-order valence-corrected chi connectivity index (χ0v) is 14.5. The van der Waals surface area contributed by atoms with Gasteiger partial charge in [-0.05, 0) is 37.1 Å². The first-order valence-corrected chi connectivity index (χ1v) is 8.45. The van der Waals surface area contributed by atoms with E-state index in [9.17, 15) is 9.59 Å². The van der Waals surface area contributed by atoms with Crippen LogP contribution in [-0.2, 0) is 9.53 Å². The number of anilines is 1. The number of nitrogens with two attached hydrogens (primary N) is 1. The summed E-state index contributed by atoms with van der Waals surface area (Å²) in [4.78, 5) is 26.3. The predicted molar refractivity (Wildman–Crippen MR) is 93.9 cm³/mol. The van der Waals surface area contributed by atoms with E-state index in [-0.39, 0.29) is 18.4 Å². The summed E-state index contributed by atoms with van der Waals surface area (Å²) in [6.45, 7) is 0.161. The summed E-state index contributed by atoms with van der Waals surface area (Å²) in [6, 6.07) is 6.53. The lowest BCUT2D eigenvalue weighted by molar-refractivity contribution is -0.118. The van der Waals surface area contributed by atoms with E-state index in [4.69, 9.17) is 10.5 Å². The second kappa shape index (κ2) is 8.80. The van der Waals surface area contributed by atoms with Crippen molar-refractivity contribution >= 4 is 17.5 Å². The van der Waals surface area contributed by atoms with Crippen molar-refractivity contribution in [2.45, 2.75) is 44.2 Å². The van der Waals surface area contributed by atoms with Crippen LogP contribution in [0, 0.1) is 0 Å². The Bertz CT molecular complexity index is 553. The predicted octanol–water partition coefficient (Wildman–Crippen LogP) is 2.00. The van der Waals surface area contributed by atoms with E-state index in [0.717, 1.165) is 12.8 Å². The number of carbonyl (C=O) groups is 2. The minimum Gasteiger partial charge on any atom is -0.383 e. The third-order valence-electron chi connectivity index (χ3n) is 4.53. The van der Waals surface area contributed by atoms with Gasteiger partial charge in [0.05, 0.1) is 6.61 Å². The van der Waals surface area contributed by atoms with Crippen molar-refractivity contribution in [1.29, 1.82) is 0 Å². The highest BCUT2D eigenvalue weighted by molar-refractivity contribution is 5.97. The van der Waals surface area contributed by atoms with E-state index < -0.39 is 6.04 Å². The smallest absolute Gasteiger partial charge is 0.253 e. The molecule has 1 fully saturated rings. The number of methoxy groups -OCH3 is 1. The van der Waals surface area contributed by atoms with E-state index in [1.807, 2.05) is 11.9 Å². The molecule has 1 unspecified atom stereocenters. The quantitative estimate of drug-likeness (QED) is 0.834. The van der Waals surface area contributed by atoms with Crippen molar-refractivity contribution < 1.29 is 14.3 Å². The van der Waals surface area contributed by atoms with Gasteiger partial charge in [-0.25, -0.2) is 0 Å². The highest BCUT2D eigenvalue weighted by atomic mass is 16.5. The number of benzene rings is 1. The summed E-state index contributed by atoms with van der Waals surface area (Å²) in [6.07, 6.45) is 5.80. The Morgan fingerprint density at radius 2 is 1.88 bits per heavy atom. The van der Waals surface area contributed by atoms with Crippen molar-refractivity contribution in [1.82, 2.24) is 4.90 Å². The molecule has 0 saturated heterocycles. The topological polar surface area (TPSA) is 84.7 Å². The molecule has 2 rings (SSSR count). The van der Waals surface area contributed by atoms with Crippen LogP contribution >= 0.6 is 0 Å². The maximum Gasteiger partial charge on any atom is 0.253 e. The average Bonchev–Trinajstić information content (AvgIpc) is 2.62. The average molecular weight is 333 g/mol. The molecule has 2 amide bonds. The van der Waals surface area contributed by atoms with Crippen LogP contribution in [0.4, 0.5) is 5.69 Å². The van der Waals surface area contributed by atoms with Gasteiger partial charge in [-0.15, -0.1) is 0 Å². The fourth-order valence-electron chi connectivity index (χ4n) is 3.02. The van der Waals surface area contributed by atoms with Crippen molar-refractivity contribution in [2.24, 2.45) is 5.73 Å². The van der Waals surface area contributed by atoms with Gasteiger partial charge in [-0.3, -0.25) is 9.59 Å². The molecule has 1 aromatic rings. The maximum absolute atomic E-state index is 12.6. The molecular formula is C18H27N3O3. The molecule has 1 aromatic carbocycles. The first-order chi connectivity index (χ1) is 11.5. The van der Waals surface area contributed by atoms with Crippen LogP contribution in [0.15, 0.2) is 24.3 Å². The number of nitrogens with zero attached hydrogens (tertiary/aromatic N) is 1. The number of ether oxygens (including phenoxy) is 1. The number of hydrogen-bond donors (Lipinski definition) is 2. The largest absolute Gasteiger partial charge is 0.383 e. The lowest BCUT2D eigenvalue weighted by atomic mass is 9.94. The monoisotopic (exact) mass is 333 g/mol. The van der Waals surface area contributed by atoms with Crippen LogP contribution in [0.25, 0.3) is 0 Å². The van der Waals surface area contributed by atoms with Gasteiger partial charge in [0.15, 0.2) is 0 Å². The first kappa shape index (κ1) is 18.4. The maximum atomic E-state index is 12.6. The fraction of sp³-hybridized carbons (Fsp3) is 0.556. The molecule has 132 valence electrons. The fourth-order valence-corrected chi connectivity index (χ4v) is 3.02. The molecule has 1 aliphatic carbocycles. The summed E-state index contributed by atoms with van der Waals surface area (Å²) in [5.74, 6) is -0.286. The van der Waals surface area contributed by atoms with Gasteiger partial charge in [-0.2, -0.15) is 0 Å². The molecule has 0 aliphatic heterocycles. The Labute approximate surface area is 143 Å². The first-order valence-electron chi connectivity index (χ1n) is 8.45. The van der Waals surface area contributed by atoms with E-state index >= 15 is 0 Å². The van der Waals surface area contributed by atoms with Crippen LogP contribution in [0.5, 0.6) is 0 Å². The van der Waals surface area contributed by atoms with Gasteiger partial charge in [0.25, 0.3) is 5.91 Å². The van der Waals surface area contributed by atoms with Crippen molar-refractivity contribution in [3.8, 4) is 0 Å². The van der Waals surface area contributed by atoms with Gasteiger partial charge < -0.3 is 20.7 Å². The molecule has 24 heavy (non-hydrogen) atoms. The molecule has 6 nitrogen and oxygen atoms in total. The number of amides is 2. The Morgan fingerprint density at radius 3 is 2.46 bits per heavy atom. The SMILES string of the molecule is COCC(N)C(=O)Nc1ccc(C(=O)N(C)C2CCCCC2)cc1. The minimum absolute atomic E-state index is 0.0239. The third-order valence-corrected chi connectivity index (χ3v) is 4.53. The second-order valence-corrected chi connectivity index (χ2v) is 6.34. The molecule has 1 saturated carbocycles. The number of nitrogens with one attached hydrogen (secondary N) is 1. The van der Waals surface area contributed by atoms with Gasteiger partial charge in [0.2, 0.25) is 5.91 Å². The molecule has 3 N–H and O–H groups in total. The summed E-state index contributed by atoms with van der Waals surface area (Å²) in [5, 5.41) is 2.72.